The van der Waals surface area contributed by atoms with Crippen molar-refractivity contribution < 1.29 is 13.9 Å². The minimum atomic E-state index is 0.124. The molecule has 7 nitrogen and oxygen atoms in total. The van der Waals surface area contributed by atoms with Gasteiger partial charge in [0.15, 0.2) is 17.5 Å². The Balaban J connectivity index is 2.08. The standard InChI is InChI=1S/C21H32N4O3/c1-6-25(7-2)17(18-10-9-13-28-18)15-23-21(22-4)24-16-11-12-19(26-5)20(14-16)27-8-3/h9-14,17H,6-8,15H2,1-5H3,(H2,22,23,24). The molecule has 2 aromatic rings. The third kappa shape index (κ3) is 5.66. The molecule has 0 saturated carbocycles. The summed E-state index contributed by atoms with van der Waals surface area (Å²) in [5.41, 5.74) is 0.870. The quantitative estimate of drug-likeness (QED) is 0.477. The van der Waals surface area contributed by atoms with E-state index in [1.54, 1.807) is 20.4 Å². The maximum absolute atomic E-state index is 5.66. The number of methoxy groups -OCH3 is 1. The first-order valence-corrected chi connectivity index (χ1v) is 9.72. The van der Waals surface area contributed by atoms with E-state index in [1.807, 2.05) is 37.3 Å². The summed E-state index contributed by atoms with van der Waals surface area (Å²) in [6.07, 6.45) is 1.71. The van der Waals surface area contributed by atoms with Crippen LogP contribution in [0.5, 0.6) is 11.5 Å². The van der Waals surface area contributed by atoms with Crippen molar-refractivity contribution in [3.8, 4) is 11.5 Å². The summed E-state index contributed by atoms with van der Waals surface area (Å²) in [7, 11) is 3.38. The second kappa shape index (κ2) is 11.2. The number of anilines is 1. The monoisotopic (exact) mass is 388 g/mol. The van der Waals surface area contributed by atoms with Gasteiger partial charge in [0.25, 0.3) is 0 Å². The van der Waals surface area contributed by atoms with E-state index < -0.39 is 0 Å². The van der Waals surface area contributed by atoms with Gasteiger partial charge in [-0.1, -0.05) is 13.8 Å². The largest absolute Gasteiger partial charge is 0.493 e. The van der Waals surface area contributed by atoms with Crippen LogP contribution in [0.25, 0.3) is 0 Å². The topological polar surface area (TPSA) is 71.3 Å². The Kier molecular flexibility index (Phi) is 8.68. The first-order valence-electron chi connectivity index (χ1n) is 9.72. The van der Waals surface area contributed by atoms with Crippen molar-refractivity contribution in [2.75, 3.05) is 45.7 Å². The summed E-state index contributed by atoms with van der Waals surface area (Å²) < 4.78 is 16.6. The zero-order valence-corrected chi connectivity index (χ0v) is 17.5. The summed E-state index contributed by atoms with van der Waals surface area (Å²) in [6, 6.07) is 9.77. The molecule has 28 heavy (non-hydrogen) atoms. The average Bonchev–Trinajstić information content (AvgIpc) is 3.25. The van der Waals surface area contributed by atoms with Crippen molar-refractivity contribution in [3.63, 3.8) is 0 Å². The van der Waals surface area contributed by atoms with Crippen LogP contribution in [-0.2, 0) is 0 Å². The van der Waals surface area contributed by atoms with Gasteiger partial charge in [0.1, 0.15) is 5.76 Å². The molecule has 0 aliphatic rings. The smallest absolute Gasteiger partial charge is 0.195 e. The van der Waals surface area contributed by atoms with Gasteiger partial charge >= 0.3 is 0 Å². The SMILES string of the molecule is CCOc1cc(NC(=NC)NCC(c2ccco2)N(CC)CC)ccc1OC. The zero-order valence-electron chi connectivity index (χ0n) is 17.5. The number of hydrogen-bond acceptors (Lipinski definition) is 5. The van der Waals surface area contributed by atoms with E-state index in [9.17, 15) is 0 Å². The molecule has 0 aliphatic heterocycles. The van der Waals surface area contributed by atoms with Crippen LogP contribution in [0.2, 0.25) is 0 Å². The predicted molar refractivity (Wildman–Crippen MR) is 114 cm³/mol. The van der Waals surface area contributed by atoms with E-state index in [1.165, 1.54) is 0 Å². The molecule has 7 heteroatoms. The second-order valence-corrected chi connectivity index (χ2v) is 6.13. The Morgan fingerprint density at radius 1 is 1.18 bits per heavy atom. The molecule has 1 aromatic heterocycles. The van der Waals surface area contributed by atoms with Gasteiger partial charge in [-0.15, -0.1) is 0 Å². The van der Waals surface area contributed by atoms with Crippen LogP contribution in [0.15, 0.2) is 46.0 Å². The van der Waals surface area contributed by atoms with Crippen LogP contribution in [-0.4, -0.2) is 51.3 Å². The average molecular weight is 389 g/mol. The van der Waals surface area contributed by atoms with Crippen molar-refractivity contribution in [1.82, 2.24) is 10.2 Å². The molecule has 0 amide bonds. The highest BCUT2D eigenvalue weighted by Gasteiger charge is 2.21. The Bertz CT molecular complexity index is 727. The van der Waals surface area contributed by atoms with Gasteiger partial charge in [-0.05, 0) is 44.3 Å². The second-order valence-electron chi connectivity index (χ2n) is 6.13. The lowest BCUT2D eigenvalue weighted by Gasteiger charge is -2.28. The van der Waals surface area contributed by atoms with Crippen molar-refractivity contribution >= 4 is 11.6 Å². The first-order chi connectivity index (χ1) is 13.7. The molecule has 0 fully saturated rings. The molecule has 1 atom stereocenters. The number of nitrogens with zero attached hydrogens (tertiary/aromatic N) is 2. The fourth-order valence-corrected chi connectivity index (χ4v) is 3.09. The minimum Gasteiger partial charge on any atom is -0.493 e. The molecule has 0 radical (unpaired) electrons. The Labute approximate surface area is 167 Å². The molecule has 2 rings (SSSR count). The van der Waals surface area contributed by atoms with Gasteiger partial charge in [-0.2, -0.15) is 0 Å². The van der Waals surface area contributed by atoms with Crippen molar-refractivity contribution in [2.45, 2.75) is 26.8 Å². The minimum absolute atomic E-state index is 0.124. The fourth-order valence-electron chi connectivity index (χ4n) is 3.09. The van der Waals surface area contributed by atoms with Crippen molar-refractivity contribution in [3.05, 3.63) is 42.4 Å². The number of benzene rings is 1. The van der Waals surface area contributed by atoms with Gasteiger partial charge in [0.05, 0.1) is 26.0 Å². The fraction of sp³-hybridized carbons (Fsp3) is 0.476. The van der Waals surface area contributed by atoms with Gasteiger partial charge in [0, 0.05) is 25.3 Å². The van der Waals surface area contributed by atoms with E-state index in [2.05, 4.69) is 34.4 Å². The zero-order chi connectivity index (χ0) is 20.4. The summed E-state index contributed by atoms with van der Waals surface area (Å²) in [5, 5.41) is 6.71. The number of ether oxygens (including phenoxy) is 2. The van der Waals surface area contributed by atoms with E-state index in [-0.39, 0.29) is 6.04 Å². The molecule has 2 N–H and O–H groups in total. The van der Waals surface area contributed by atoms with Gasteiger partial charge in [-0.25, -0.2) is 0 Å². The van der Waals surface area contributed by atoms with Crippen LogP contribution >= 0.6 is 0 Å². The maximum Gasteiger partial charge on any atom is 0.195 e. The molecule has 1 heterocycles. The van der Waals surface area contributed by atoms with E-state index in [0.29, 0.717) is 30.6 Å². The van der Waals surface area contributed by atoms with Crippen LogP contribution in [0, 0.1) is 0 Å². The molecular weight excluding hydrogens is 356 g/mol. The van der Waals surface area contributed by atoms with Crippen LogP contribution < -0.4 is 20.1 Å². The lowest BCUT2D eigenvalue weighted by Crippen LogP contribution is -2.40. The Morgan fingerprint density at radius 2 is 1.96 bits per heavy atom. The summed E-state index contributed by atoms with van der Waals surface area (Å²) in [6.45, 7) is 9.36. The molecule has 154 valence electrons. The molecule has 0 spiro atoms. The number of furan rings is 1. The van der Waals surface area contributed by atoms with Crippen molar-refractivity contribution in [2.24, 2.45) is 4.99 Å². The highest BCUT2D eigenvalue weighted by atomic mass is 16.5. The number of nitrogens with one attached hydrogen (secondary N) is 2. The van der Waals surface area contributed by atoms with Gasteiger partial charge in [-0.3, -0.25) is 9.89 Å². The normalized spacial score (nSPS) is 12.7. The number of rotatable bonds is 10. The van der Waals surface area contributed by atoms with Crippen LogP contribution in [0.1, 0.15) is 32.6 Å². The lowest BCUT2D eigenvalue weighted by atomic mass is 10.2. The molecule has 1 unspecified atom stereocenters. The Hall–Kier alpha value is -2.67. The van der Waals surface area contributed by atoms with E-state index >= 15 is 0 Å². The lowest BCUT2D eigenvalue weighted by molar-refractivity contribution is 0.193. The first kappa shape index (κ1) is 21.6. The molecular formula is C21H32N4O3. The number of aliphatic imine (C=N–C) groups is 1. The maximum atomic E-state index is 5.66. The van der Waals surface area contributed by atoms with Crippen LogP contribution in [0.4, 0.5) is 5.69 Å². The van der Waals surface area contributed by atoms with E-state index in [0.717, 1.165) is 24.5 Å². The highest BCUT2D eigenvalue weighted by Crippen LogP contribution is 2.30. The van der Waals surface area contributed by atoms with Crippen molar-refractivity contribution in [1.29, 1.82) is 0 Å². The number of hydrogen-bond donors (Lipinski definition) is 2. The summed E-state index contributed by atoms with van der Waals surface area (Å²) >= 11 is 0. The molecule has 0 aliphatic carbocycles. The van der Waals surface area contributed by atoms with Crippen LogP contribution in [0.3, 0.4) is 0 Å². The third-order valence-electron chi connectivity index (χ3n) is 4.54. The van der Waals surface area contributed by atoms with Gasteiger partial charge < -0.3 is 24.5 Å². The van der Waals surface area contributed by atoms with E-state index in [4.69, 9.17) is 13.9 Å². The molecule has 0 bridgehead atoms. The summed E-state index contributed by atoms with van der Waals surface area (Å²) in [5.74, 6) is 3.02. The number of guanidine groups is 1. The summed E-state index contributed by atoms with van der Waals surface area (Å²) in [4.78, 5) is 6.69. The predicted octanol–water partition coefficient (Wildman–Crippen LogP) is 3.76. The third-order valence-corrected chi connectivity index (χ3v) is 4.54. The van der Waals surface area contributed by atoms with Gasteiger partial charge in [0.2, 0.25) is 0 Å². The molecule has 0 saturated heterocycles. The molecule has 1 aromatic carbocycles. The Morgan fingerprint density at radius 3 is 2.54 bits per heavy atom. The number of likely N-dealkylation sites (N-methyl/N-ethyl adjacent to an activating group) is 1. The highest BCUT2D eigenvalue weighted by molar-refractivity contribution is 5.93.